The van der Waals surface area contributed by atoms with E-state index in [9.17, 15) is 15.0 Å². The lowest BCUT2D eigenvalue weighted by Crippen LogP contribution is -2.67. The fraction of sp³-hybridized carbons (Fsp3) is 0.944. The summed E-state index contributed by atoms with van der Waals surface area (Å²) in [7, 11) is -2.24. The molecule has 4 unspecified atom stereocenters. The minimum atomic E-state index is -2.24. The van der Waals surface area contributed by atoms with Crippen LogP contribution >= 0.6 is 0 Å². The summed E-state index contributed by atoms with van der Waals surface area (Å²) in [6, 6.07) is 0. The van der Waals surface area contributed by atoms with Crippen molar-refractivity contribution in [3.8, 4) is 0 Å². The third kappa shape index (κ3) is 2.89. The molecular weight excluding hydrogens is 308 g/mol. The summed E-state index contributed by atoms with van der Waals surface area (Å²) in [6.07, 6.45) is 2.39. The van der Waals surface area contributed by atoms with Crippen LogP contribution in [0.15, 0.2) is 0 Å². The van der Waals surface area contributed by atoms with Crippen LogP contribution in [0.3, 0.4) is 0 Å². The molecule has 4 atom stereocenters. The van der Waals surface area contributed by atoms with Gasteiger partial charge in [-0.1, -0.05) is 41.5 Å². The molecule has 23 heavy (non-hydrogen) atoms. The highest BCUT2D eigenvalue weighted by Crippen LogP contribution is 2.55. The van der Waals surface area contributed by atoms with Crippen molar-refractivity contribution in [1.82, 2.24) is 0 Å². The van der Waals surface area contributed by atoms with E-state index in [2.05, 4.69) is 41.5 Å². The van der Waals surface area contributed by atoms with E-state index < -0.39 is 31.9 Å². The molecule has 3 aliphatic carbocycles. The maximum Gasteiger partial charge on any atom is 0.309 e. The number of aliphatic hydroxyl groups excluding tert-OH is 1. The highest BCUT2D eigenvalue weighted by Gasteiger charge is 2.61. The van der Waals surface area contributed by atoms with Gasteiger partial charge in [-0.15, -0.1) is 0 Å². The molecule has 4 nitrogen and oxygen atoms in total. The zero-order valence-electron chi connectivity index (χ0n) is 15.5. The van der Waals surface area contributed by atoms with Crippen molar-refractivity contribution in [1.29, 1.82) is 0 Å². The van der Waals surface area contributed by atoms with Crippen LogP contribution in [0.5, 0.6) is 0 Å². The maximum absolute atomic E-state index is 11.9. The standard InChI is InChI=1S/C18H34O4Si/c1-11(2)23(12(3)4,13(5)6)22-18-8-7-14(10-16(18)19)9-15(18)17(20)21/h11-16,19H,7-10H2,1-6H3,(H,20,21). The van der Waals surface area contributed by atoms with Gasteiger partial charge in [-0.25, -0.2) is 0 Å². The number of hydrogen-bond acceptors (Lipinski definition) is 3. The van der Waals surface area contributed by atoms with Gasteiger partial charge in [0.05, 0.1) is 17.6 Å². The van der Waals surface area contributed by atoms with Gasteiger partial charge in [-0.3, -0.25) is 4.79 Å². The van der Waals surface area contributed by atoms with Gasteiger partial charge in [0.25, 0.3) is 0 Å². The van der Waals surface area contributed by atoms with Gasteiger partial charge >= 0.3 is 5.97 Å². The van der Waals surface area contributed by atoms with Gasteiger partial charge in [0, 0.05) is 0 Å². The Morgan fingerprint density at radius 2 is 1.61 bits per heavy atom. The predicted octanol–water partition coefficient (Wildman–Crippen LogP) is 4.18. The minimum absolute atomic E-state index is 0.338. The zero-order valence-corrected chi connectivity index (χ0v) is 16.5. The van der Waals surface area contributed by atoms with Crippen molar-refractivity contribution in [2.24, 2.45) is 11.8 Å². The molecule has 0 radical (unpaired) electrons. The van der Waals surface area contributed by atoms with Crippen LogP contribution in [0.4, 0.5) is 0 Å². The van der Waals surface area contributed by atoms with Crippen LogP contribution < -0.4 is 0 Å². The van der Waals surface area contributed by atoms with Crippen molar-refractivity contribution in [2.45, 2.75) is 95.6 Å². The highest BCUT2D eigenvalue weighted by atomic mass is 28.4. The second-order valence-corrected chi connectivity index (χ2v) is 14.0. The number of fused-ring (bicyclic) bond motifs is 3. The first-order valence-electron chi connectivity index (χ1n) is 9.19. The molecule has 2 bridgehead atoms. The second-order valence-electron chi connectivity index (χ2n) is 8.66. The average Bonchev–Trinajstić information content (AvgIpc) is 2.44. The lowest BCUT2D eigenvalue weighted by molar-refractivity contribution is -0.192. The molecule has 0 aromatic carbocycles. The van der Waals surface area contributed by atoms with Crippen LogP contribution in [0.2, 0.25) is 16.6 Å². The number of carboxylic acid groups (broad SMARTS) is 1. The third-order valence-electron chi connectivity index (χ3n) is 6.59. The molecule has 2 N–H and O–H groups in total. The molecule has 5 heteroatoms. The van der Waals surface area contributed by atoms with Crippen LogP contribution in [-0.2, 0) is 9.22 Å². The molecule has 0 spiro atoms. The van der Waals surface area contributed by atoms with Gasteiger partial charge in [-0.2, -0.15) is 0 Å². The molecule has 3 aliphatic rings. The number of carboxylic acids is 1. The Bertz CT molecular complexity index is 427. The maximum atomic E-state index is 11.9. The Hall–Kier alpha value is -0.393. The molecule has 0 amide bonds. The average molecular weight is 343 g/mol. The van der Waals surface area contributed by atoms with E-state index in [1.165, 1.54) is 0 Å². The molecule has 0 aliphatic heterocycles. The van der Waals surface area contributed by atoms with E-state index in [0.29, 0.717) is 41.8 Å². The Morgan fingerprint density at radius 1 is 1.09 bits per heavy atom. The zero-order chi connectivity index (χ0) is 17.6. The smallest absolute Gasteiger partial charge is 0.309 e. The van der Waals surface area contributed by atoms with E-state index in [-0.39, 0.29) is 0 Å². The highest BCUT2D eigenvalue weighted by molar-refractivity contribution is 6.77. The van der Waals surface area contributed by atoms with E-state index >= 15 is 0 Å². The molecule has 134 valence electrons. The van der Waals surface area contributed by atoms with Crippen molar-refractivity contribution in [2.75, 3.05) is 0 Å². The van der Waals surface area contributed by atoms with Gasteiger partial charge in [0.1, 0.15) is 0 Å². The summed E-state index contributed by atoms with van der Waals surface area (Å²) >= 11 is 0. The predicted molar refractivity (Wildman–Crippen MR) is 94.0 cm³/mol. The first-order chi connectivity index (χ1) is 10.6. The Kier molecular flexibility index (Phi) is 5.34. The molecule has 0 aromatic rings. The summed E-state index contributed by atoms with van der Waals surface area (Å²) < 4.78 is 6.93. The van der Waals surface area contributed by atoms with Crippen molar-refractivity contribution >= 4 is 14.3 Å². The first-order valence-corrected chi connectivity index (χ1v) is 11.3. The quantitative estimate of drug-likeness (QED) is 0.711. The topological polar surface area (TPSA) is 66.8 Å². The van der Waals surface area contributed by atoms with E-state index in [0.717, 1.165) is 6.42 Å². The van der Waals surface area contributed by atoms with Gasteiger partial charge in [0.15, 0.2) is 0 Å². The lowest BCUT2D eigenvalue weighted by Gasteiger charge is -2.58. The monoisotopic (exact) mass is 342 g/mol. The number of rotatable bonds is 6. The molecule has 0 heterocycles. The molecule has 3 fully saturated rings. The van der Waals surface area contributed by atoms with Gasteiger partial charge in [0.2, 0.25) is 8.32 Å². The largest absolute Gasteiger partial charge is 0.481 e. The Labute approximate surface area is 141 Å². The molecule has 3 saturated carbocycles. The van der Waals surface area contributed by atoms with Crippen molar-refractivity contribution in [3.63, 3.8) is 0 Å². The number of hydrogen-bond donors (Lipinski definition) is 2. The number of carbonyl (C=O) groups is 1. The summed E-state index contributed by atoms with van der Waals surface area (Å²) in [5, 5.41) is 20.6. The molecular formula is C18H34O4Si. The SMILES string of the molecule is CC(C)[Si](OC12CCC(CC1O)CC2C(=O)O)(C(C)C)C(C)C. The number of aliphatic carboxylic acids is 1. The summed E-state index contributed by atoms with van der Waals surface area (Å²) in [5.74, 6) is -1.02. The second kappa shape index (κ2) is 6.49. The third-order valence-corrected chi connectivity index (χ3v) is 12.7. The van der Waals surface area contributed by atoms with E-state index in [1.54, 1.807) is 0 Å². The lowest BCUT2D eigenvalue weighted by atomic mass is 9.60. The summed E-state index contributed by atoms with van der Waals surface area (Å²) in [5.41, 5.74) is 0.292. The fourth-order valence-electron chi connectivity index (χ4n) is 5.57. The van der Waals surface area contributed by atoms with E-state index in [1.807, 2.05) is 0 Å². The fourth-order valence-corrected chi connectivity index (χ4v) is 11.3. The van der Waals surface area contributed by atoms with Crippen molar-refractivity contribution < 1.29 is 19.4 Å². The van der Waals surface area contributed by atoms with Crippen LogP contribution in [0.25, 0.3) is 0 Å². The number of aliphatic hydroxyl groups is 1. The summed E-state index contributed by atoms with van der Waals surface area (Å²) in [4.78, 5) is 11.9. The Morgan fingerprint density at radius 3 is 2.00 bits per heavy atom. The van der Waals surface area contributed by atoms with Gasteiger partial charge < -0.3 is 14.6 Å². The van der Waals surface area contributed by atoms with Crippen LogP contribution in [0, 0.1) is 11.8 Å². The molecule has 0 saturated heterocycles. The Balaban J connectivity index is 2.48. The molecule has 0 aromatic heterocycles. The van der Waals surface area contributed by atoms with Crippen LogP contribution in [-0.4, -0.2) is 36.2 Å². The molecule has 3 rings (SSSR count). The van der Waals surface area contributed by atoms with Crippen LogP contribution in [0.1, 0.15) is 67.2 Å². The van der Waals surface area contributed by atoms with E-state index in [4.69, 9.17) is 4.43 Å². The van der Waals surface area contributed by atoms with Crippen molar-refractivity contribution in [3.05, 3.63) is 0 Å². The minimum Gasteiger partial charge on any atom is -0.481 e. The van der Waals surface area contributed by atoms with Gasteiger partial charge in [-0.05, 0) is 48.2 Å². The summed E-state index contributed by atoms with van der Waals surface area (Å²) in [6.45, 7) is 13.2. The normalized spacial score (nSPS) is 34.6. The first kappa shape index (κ1) is 18.9.